The summed E-state index contributed by atoms with van der Waals surface area (Å²) in [6, 6.07) is 9.15. The Labute approximate surface area is 143 Å². The van der Waals surface area contributed by atoms with Crippen molar-refractivity contribution in [1.29, 1.82) is 0 Å². The minimum Gasteiger partial charge on any atom is -0.462 e. The Bertz CT molecular complexity index is 796. The molecule has 24 heavy (non-hydrogen) atoms. The SMILES string of the molecule is CCOC(=O)C1=C(C)O/C(=C2/C(=O)N(c3ccccc3)N=C2C)S1. The third kappa shape index (κ3) is 2.82. The number of ether oxygens (including phenoxy) is 2. The molecule has 0 radical (unpaired) electrons. The number of hydrogen-bond acceptors (Lipinski definition) is 6. The maximum atomic E-state index is 12.7. The Hall–Kier alpha value is -2.54. The number of esters is 1. The largest absolute Gasteiger partial charge is 0.462 e. The first-order valence-electron chi connectivity index (χ1n) is 7.46. The average molecular weight is 344 g/mol. The van der Waals surface area contributed by atoms with Gasteiger partial charge in [0, 0.05) is 0 Å². The standard InChI is InChI=1S/C17H16N2O4S/c1-4-22-16(21)14-11(3)23-17(24-14)13-10(2)18-19(15(13)20)12-8-6-5-7-9-12/h5-9H,4H2,1-3H3/b17-13-. The predicted octanol–water partition coefficient (Wildman–Crippen LogP) is 3.18. The van der Waals surface area contributed by atoms with E-state index in [1.807, 2.05) is 18.2 Å². The first-order valence-corrected chi connectivity index (χ1v) is 8.27. The molecular formula is C17H16N2O4S. The highest BCUT2D eigenvalue weighted by atomic mass is 32.2. The van der Waals surface area contributed by atoms with Gasteiger partial charge in [0.25, 0.3) is 5.91 Å². The highest BCUT2D eigenvalue weighted by Crippen LogP contribution is 2.42. The van der Waals surface area contributed by atoms with E-state index in [0.717, 1.165) is 11.8 Å². The lowest BCUT2D eigenvalue weighted by Crippen LogP contribution is -2.22. The first-order chi connectivity index (χ1) is 11.5. The van der Waals surface area contributed by atoms with Crippen molar-refractivity contribution in [2.45, 2.75) is 20.8 Å². The van der Waals surface area contributed by atoms with Crippen LogP contribution in [0.3, 0.4) is 0 Å². The minimum atomic E-state index is -0.449. The number of thioether (sulfide) groups is 1. The van der Waals surface area contributed by atoms with Gasteiger partial charge in [0.05, 0.1) is 18.0 Å². The highest BCUT2D eigenvalue weighted by molar-refractivity contribution is 8.07. The zero-order chi connectivity index (χ0) is 17.3. The molecule has 2 heterocycles. The van der Waals surface area contributed by atoms with Crippen LogP contribution in [-0.2, 0) is 19.1 Å². The second-order valence-electron chi connectivity index (χ2n) is 5.11. The number of para-hydroxylation sites is 1. The number of rotatable bonds is 3. The molecule has 0 aliphatic carbocycles. The van der Waals surface area contributed by atoms with E-state index in [9.17, 15) is 9.59 Å². The fourth-order valence-electron chi connectivity index (χ4n) is 2.34. The number of nitrogens with zero attached hydrogens (tertiary/aromatic N) is 2. The van der Waals surface area contributed by atoms with Crippen molar-refractivity contribution < 1.29 is 19.1 Å². The molecule has 7 heteroatoms. The number of carbonyl (C=O) groups excluding carboxylic acids is 2. The van der Waals surface area contributed by atoms with Crippen molar-refractivity contribution in [2.75, 3.05) is 11.6 Å². The van der Waals surface area contributed by atoms with Crippen LogP contribution >= 0.6 is 11.8 Å². The van der Waals surface area contributed by atoms with E-state index in [0.29, 0.717) is 32.7 Å². The predicted molar refractivity (Wildman–Crippen MR) is 92.1 cm³/mol. The normalized spacial score (nSPS) is 20.4. The number of anilines is 1. The number of hydrogen-bond donors (Lipinski definition) is 0. The smallest absolute Gasteiger partial charge is 0.348 e. The molecule has 2 aliphatic heterocycles. The molecule has 0 atom stereocenters. The molecule has 124 valence electrons. The molecule has 0 spiro atoms. The Morgan fingerprint density at radius 2 is 2.00 bits per heavy atom. The lowest BCUT2D eigenvalue weighted by atomic mass is 10.2. The summed E-state index contributed by atoms with van der Waals surface area (Å²) in [4.78, 5) is 25.0. The molecule has 0 aromatic heterocycles. The zero-order valence-electron chi connectivity index (χ0n) is 13.5. The zero-order valence-corrected chi connectivity index (χ0v) is 14.3. The monoisotopic (exact) mass is 344 g/mol. The first kappa shape index (κ1) is 16.3. The van der Waals surface area contributed by atoms with Gasteiger partial charge in [-0.1, -0.05) is 18.2 Å². The van der Waals surface area contributed by atoms with Crippen LogP contribution in [0.1, 0.15) is 20.8 Å². The Balaban J connectivity index is 1.89. The second kappa shape index (κ2) is 6.52. The van der Waals surface area contributed by atoms with E-state index < -0.39 is 5.97 Å². The van der Waals surface area contributed by atoms with Gasteiger partial charge in [-0.2, -0.15) is 10.1 Å². The third-order valence-electron chi connectivity index (χ3n) is 3.44. The summed E-state index contributed by atoms with van der Waals surface area (Å²) in [5.41, 5.74) is 1.59. The van der Waals surface area contributed by atoms with Gasteiger partial charge in [-0.3, -0.25) is 4.79 Å². The molecule has 1 aromatic rings. The number of benzene rings is 1. The molecule has 0 N–H and O–H groups in total. The van der Waals surface area contributed by atoms with Gasteiger partial charge in [0.2, 0.25) is 0 Å². The maximum Gasteiger partial charge on any atom is 0.348 e. The summed E-state index contributed by atoms with van der Waals surface area (Å²) in [5.74, 6) is -0.297. The molecule has 6 nitrogen and oxygen atoms in total. The van der Waals surface area contributed by atoms with Crippen molar-refractivity contribution in [2.24, 2.45) is 5.10 Å². The highest BCUT2D eigenvalue weighted by Gasteiger charge is 2.37. The summed E-state index contributed by atoms with van der Waals surface area (Å²) in [7, 11) is 0. The summed E-state index contributed by atoms with van der Waals surface area (Å²) < 4.78 is 10.6. The van der Waals surface area contributed by atoms with Gasteiger partial charge >= 0.3 is 5.97 Å². The van der Waals surface area contributed by atoms with Gasteiger partial charge in [0.1, 0.15) is 16.2 Å². The fourth-order valence-corrected chi connectivity index (χ4v) is 3.36. The van der Waals surface area contributed by atoms with Gasteiger partial charge in [-0.05, 0) is 44.7 Å². The molecule has 0 saturated carbocycles. The number of hydrazone groups is 1. The van der Waals surface area contributed by atoms with Crippen molar-refractivity contribution in [3.8, 4) is 0 Å². The summed E-state index contributed by atoms with van der Waals surface area (Å²) in [6.07, 6.45) is 0. The van der Waals surface area contributed by atoms with Crippen LogP contribution in [0.5, 0.6) is 0 Å². The van der Waals surface area contributed by atoms with Gasteiger partial charge in [0.15, 0.2) is 5.09 Å². The third-order valence-corrected chi connectivity index (χ3v) is 4.58. The van der Waals surface area contributed by atoms with E-state index in [1.54, 1.807) is 32.9 Å². The summed E-state index contributed by atoms with van der Waals surface area (Å²) in [5, 5.41) is 6.01. The van der Waals surface area contributed by atoms with Gasteiger partial charge < -0.3 is 9.47 Å². The molecule has 1 aromatic carbocycles. The van der Waals surface area contributed by atoms with E-state index in [-0.39, 0.29) is 12.5 Å². The quantitative estimate of drug-likeness (QED) is 0.622. The average Bonchev–Trinajstić information content (AvgIpc) is 3.08. The molecule has 2 aliphatic rings. The molecule has 0 bridgehead atoms. The van der Waals surface area contributed by atoms with Gasteiger partial charge in [-0.25, -0.2) is 4.79 Å². The maximum absolute atomic E-state index is 12.7. The lowest BCUT2D eigenvalue weighted by molar-refractivity contribution is -0.137. The van der Waals surface area contributed by atoms with Crippen LogP contribution in [0.4, 0.5) is 5.69 Å². The van der Waals surface area contributed by atoms with Crippen LogP contribution in [0.2, 0.25) is 0 Å². The topological polar surface area (TPSA) is 68.2 Å². The lowest BCUT2D eigenvalue weighted by Gasteiger charge is -2.11. The molecule has 0 saturated heterocycles. The minimum absolute atomic E-state index is 0.279. The molecule has 1 amide bonds. The number of amides is 1. The van der Waals surface area contributed by atoms with Crippen LogP contribution in [0.15, 0.2) is 56.8 Å². The molecule has 0 unspecified atom stereocenters. The Morgan fingerprint density at radius 1 is 1.29 bits per heavy atom. The van der Waals surface area contributed by atoms with E-state index in [1.165, 1.54) is 5.01 Å². The second-order valence-corrected chi connectivity index (χ2v) is 6.09. The molecular weight excluding hydrogens is 328 g/mol. The summed E-state index contributed by atoms with van der Waals surface area (Å²) in [6.45, 7) is 5.43. The van der Waals surface area contributed by atoms with Crippen LogP contribution in [0, 0.1) is 0 Å². The van der Waals surface area contributed by atoms with E-state index in [4.69, 9.17) is 9.47 Å². The Kier molecular flexibility index (Phi) is 4.44. The molecule has 0 fully saturated rings. The van der Waals surface area contributed by atoms with Crippen LogP contribution in [0.25, 0.3) is 0 Å². The van der Waals surface area contributed by atoms with Crippen molar-refractivity contribution in [1.82, 2.24) is 0 Å². The summed E-state index contributed by atoms with van der Waals surface area (Å²) >= 11 is 1.10. The van der Waals surface area contributed by atoms with Crippen molar-refractivity contribution in [3.05, 3.63) is 51.7 Å². The van der Waals surface area contributed by atoms with E-state index >= 15 is 0 Å². The fraction of sp³-hybridized carbons (Fsp3) is 0.235. The van der Waals surface area contributed by atoms with Gasteiger partial charge in [-0.15, -0.1) is 0 Å². The van der Waals surface area contributed by atoms with E-state index in [2.05, 4.69) is 5.10 Å². The van der Waals surface area contributed by atoms with Crippen molar-refractivity contribution >= 4 is 35.0 Å². The Morgan fingerprint density at radius 3 is 2.67 bits per heavy atom. The number of allylic oxidation sites excluding steroid dienone is 1. The van der Waals surface area contributed by atoms with Crippen LogP contribution in [-0.4, -0.2) is 24.2 Å². The van der Waals surface area contributed by atoms with Crippen molar-refractivity contribution in [3.63, 3.8) is 0 Å². The molecule has 3 rings (SSSR count). The number of carbonyl (C=O) groups is 2. The van der Waals surface area contributed by atoms with Crippen LogP contribution < -0.4 is 5.01 Å².